The highest BCUT2D eigenvalue weighted by Gasteiger charge is 2.20. The maximum atomic E-state index is 12.4. The Hall–Kier alpha value is -2.84. The minimum absolute atomic E-state index is 0.0266. The number of carbonyl (C=O) groups is 1. The van der Waals surface area contributed by atoms with E-state index in [0.29, 0.717) is 17.5 Å². The van der Waals surface area contributed by atoms with Crippen molar-refractivity contribution in [1.82, 2.24) is 5.32 Å². The fourth-order valence-corrected chi connectivity index (χ4v) is 2.59. The quantitative estimate of drug-likeness (QED) is 0.675. The number of carbonyl (C=O) groups excluding carboxylic acids is 1. The largest absolute Gasteiger partial charge is 0.508 e. The van der Waals surface area contributed by atoms with Gasteiger partial charge in [0.05, 0.1) is 19.0 Å². The van der Waals surface area contributed by atoms with Crippen LogP contribution in [0.3, 0.4) is 0 Å². The van der Waals surface area contributed by atoms with Gasteiger partial charge in [0.15, 0.2) is 5.78 Å². The van der Waals surface area contributed by atoms with Crippen molar-refractivity contribution in [1.29, 1.82) is 5.26 Å². The van der Waals surface area contributed by atoms with E-state index in [9.17, 15) is 15.0 Å². The molecule has 25 heavy (non-hydrogen) atoms. The molecule has 0 aliphatic heterocycles. The molecule has 0 unspecified atom stereocenters. The first-order chi connectivity index (χ1) is 11.8. The standard InChI is InChI=1S/C20H22N2O3/c1-20(2,12-14-3-6-17(23)7-4-14)22-13-19(25)15-5-8-18(24)16(11-15)9-10-21/h3-8,11,22-24H,9,12-13H2,1-2H3. The van der Waals surface area contributed by atoms with E-state index in [1.807, 2.05) is 32.0 Å². The number of hydrogen-bond acceptors (Lipinski definition) is 5. The third-order valence-corrected chi connectivity index (χ3v) is 3.98. The molecule has 5 heteroatoms. The number of phenols is 2. The highest BCUT2D eigenvalue weighted by molar-refractivity contribution is 5.98. The van der Waals surface area contributed by atoms with Gasteiger partial charge in [-0.05, 0) is 56.2 Å². The van der Waals surface area contributed by atoms with Crippen LogP contribution in [0.2, 0.25) is 0 Å². The zero-order valence-corrected chi connectivity index (χ0v) is 14.4. The SMILES string of the molecule is CC(C)(Cc1ccc(O)cc1)NCC(=O)c1ccc(O)c(CC#N)c1. The average Bonchev–Trinajstić information content (AvgIpc) is 2.57. The van der Waals surface area contributed by atoms with Gasteiger partial charge in [-0.25, -0.2) is 0 Å². The highest BCUT2D eigenvalue weighted by atomic mass is 16.3. The minimum atomic E-state index is -0.307. The molecule has 130 valence electrons. The van der Waals surface area contributed by atoms with E-state index in [-0.39, 0.29) is 35.8 Å². The molecule has 0 heterocycles. The second kappa shape index (κ2) is 7.82. The number of nitrogens with one attached hydrogen (secondary N) is 1. The van der Waals surface area contributed by atoms with Gasteiger partial charge in [0.2, 0.25) is 0 Å². The lowest BCUT2D eigenvalue weighted by molar-refractivity contribution is 0.0980. The Morgan fingerprint density at radius 2 is 1.84 bits per heavy atom. The molecule has 0 aromatic heterocycles. The minimum Gasteiger partial charge on any atom is -0.508 e. The lowest BCUT2D eigenvalue weighted by Crippen LogP contribution is -2.44. The van der Waals surface area contributed by atoms with Gasteiger partial charge in [0.25, 0.3) is 0 Å². The highest BCUT2D eigenvalue weighted by Crippen LogP contribution is 2.20. The number of phenolic OH excluding ortho intramolecular Hbond substituents is 2. The third-order valence-electron chi connectivity index (χ3n) is 3.98. The Balaban J connectivity index is 1.99. The lowest BCUT2D eigenvalue weighted by Gasteiger charge is -2.26. The predicted molar refractivity (Wildman–Crippen MR) is 95.6 cm³/mol. The van der Waals surface area contributed by atoms with Crippen LogP contribution in [0.15, 0.2) is 42.5 Å². The summed E-state index contributed by atoms with van der Waals surface area (Å²) in [6, 6.07) is 13.5. The fraction of sp³-hybridized carbons (Fsp3) is 0.300. The van der Waals surface area contributed by atoms with Crippen molar-refractivity contribution in [3.05, 3.63) is 59.2 Å². The zero-order chi connectivity index (χ0) is 18.4. The van der Waals surface area contributed by atoms with Gasteiger partial charge >= 0.3 is 0 Å². The molecule has 0 spiro atoms. The first-order valence-electron chi connectivity index (χ1n) is 8.06. The summed E-state index contributed by atoms with van der Waals surface area (Å²) in [4.78, 5) is 12.4. The van der Waals surface area contributed by atoms with Crippen LogP contribution in [0.5, 0.6) is 11.5 Å². The molecule has 2 aromatic carbocycles. The van der Waals surface area contributed by atoms with Crippen LogP contribution in [0, 0.1) is 11.3 Å². The van der Waals surface area contributed by atoms with Gasteiger partial charge in [-0.1, -0.05) is 12.1 Å². The number of aromatic hydroxyl groups is 2. The molecule has 3 N–H and O–H groups in total. The maximum absolute atomic E-state index is 12.4. The molecule has 0 fully saturated rings. The zero-order valence-electron chi connectivity index (χ0n) is 14.4. The van der Waals surface area contributed by atoms with E-state index in [4.69, 9.17) is 5.26 Å². The van der Waals surface area contributed by atoms with Crippen molar-refractivity contribution >= 4 is 5.78 Å². The van der Waals surface area contributed by atoms with E-state index in [0.717, 1.165) is 5.56 Å². The van der Waals surface area contributed by atoms with Crippen molar-refractivity contribution < 1.29 is 15.0 Å². The summed E-state index contributed by atoms with van der Waals surface area (Å²) in [5.41, 5.74) is 1.68. The molecular weight excluding hydrogens is 316 g/mol. The number of hydrogen-bond donors (Lipinski definition) is 3. The van der Waals surface area contributed by atoms with Crippen molar-refractivity contribution in [2.75, 3.05) is 6.54 Å². The monoisotopic (exact) mass is 338 g/mol. The van der Waals surface area contributed by atoms with Crippen molar-refractivity contribution in [3.63, 3.8) is 0 Å². The second-order valence-corrected chi connectivity index (χ2v) is 6.68. The predicted octanol–water partition coefficient (Wildman–Crippen LogP) is 2.96. The summed E-state index contributed by atoms with van der Waals surface area (Å²) in [5, 5.41) is 31.0. The summed E-state index contributed by atoms with van der Waals surface area (Å²) in [5.74, 6) is 0.155. The van der Waals surface area contributed by atoms with Crippen LogP contribution in [0.25, 0.3) is 0 Å². The van der Waals surface area contributed by atoms with Gasteiger partial charge < -0.3 is 15.5 Å². The summed E-state index contributed by atoms with van der Waals surface area (Å²) in [6.45, 7) is 4.16. The number of rotatable bonds is 7. The van der Waals surface area contributed by atoms with E-state index >= 15 is 0 Å². The molecule has 2 rings (SSSR count). The molecule has 0 radical (unpaired) electrons. The fourth-order valence-electron chi connectivity index (χ4n) is 2.59. The number of ketones is 1. The Bertz CT molecular complexity index is 790. The normalized spacial score (nSPS) is 11.1. The second-order valence-electron chi connectivity index (χ2n) is 6.68. The summed E-state index contributed by atoms with van der Waals surface area (Å²) < 4.78 is 0. The van der Waals surface area contributed by atoms with Gasteiger partial charge in [0.1, 0.15) is 11.5 Å². The third kappa shape index (κ3) is 5.33. The van der Waals surface area contributed by atoms with Crippen LogP contribution in [0.4, 0.5) is 0 Å². The first kappa shape index (κ1) is 18.5. The molecule has 0 amide bonds. The number of nitriles is 1. The average molecular weight is 338 g/mol. The molecule has 0 saturated heterocycles. The lowest BCUT2D eigenvalue weighted by atomic mass is 9.94. The summed E-state index contributed by atoms with van der Waals surface area (Å²) in [7, 11) is 0. The van der Waals surface area contributed by atoms with Crippen molar-refractivity contribution in [2.45, 2.75) is 32.2 Å². The van der Waals surface area contributed by atoms with Gasteiger partial charge in [0, 0.05) is 16.7 Å². The Morgan fingerprint density at radius 3 is 2.48 bits per heavy atom. The molecule has 0 aliphatic rings. The summed E-state index contributed by atoms with van der Waals surface area (Å²) >= 11 is 0. The van der Waals surface area contributed by atoms with Gasteiger partial charge in [-0.3, -0.25) is 4.79 Å². The number of nitrogens with zero attached hydrogens (tertiary/aromatic N) is 1. The van der Waals surface area contributed by atoms with Crippen LogP contribution in [-0.2, 0) is 12.8 Å². The topological polar surface area (TPSA) is 93.3 Å². The molecule has 5 nitrogen and oxygen atoms in total. The van der Waals surface area contributed by atoms with Crippen LogP contribution < -0.4 is 5.32 Å². The van der Waals surface area contributed by atoms with Crippen LogP contribution in [0.1, 0.15) is 35.3 Å². The molecule has 0 aliphatic carbocycles. The first-order valence-corrected chi connectivity index (χ1v) is 8.06. The number of benzene rings is 2. The van der Waals surface area contributed by atoms with Gasteiger partial charge in [-0.2, -0.15) is 5.26 Å². The molecule has 0 saturated carbocycles. The summed E-state index contributed by atoms with van der Waals surface area (Å²) in [6.07, 6.45) is 0.766. The van der Waals surface area contributed by atoms with E-state index in [1.54, 1.807) is 24.3 Å². The van der Waals surface area contributed by atoms with E-state index in [1.165, 1.54) is 6.07 Å². The van der Waals surface area contributed by atoms with Crippen molar-refractivity contribution in [3.8, 4) is 17.6 Å². The maximum Gasteiger partial charge on any atom is 0.176 e. The molecule has 0 bridgehead atoms. The van der Waals surface area contributed by atoms with E-state index in [2.05, 4.69) is 5.32 Å². The van der Waals surface area contributed by atoms with Gasteiger partial charge in [-0.15, -0.1) is 0 Å². The Morgan fingerprint density at radius 1 is 1.16 bits per heavy atom. The smallest absolute Gasteiger partial charge is 0.176 e. The van der Waals surface area contributed by atoms with E-state index < -0.39 is 0 Å². The molecule has 2 aromatic rings. The molecule has 0 atom stereocenters. The number of Topliss-reactive ketones (excluding diaryl/α,β-unsaturated/α-hetero) is 1. The van der Waals surface area contributed by atoms with Crippen LogP contribution in [-0.4, -0.2) is 28.1 Å². The van der Waals surface area contributed by atoms with Crippen molar-refractivity contribution in [2.24, 2.45) is 0 Å². The Labute approximate surface area is 147 Å². The Kier molecular flexibility index (Phi) is 5.79. The van der Waals surface area contributed by atoms with Crippen LogP contribution >= 0.6 is 0 Å². The molecular formula is C20H22N2O3.